The molecular formula is C21H24N2O2. The summed E-state index contributed by atoms with van der Waals surface area (Å²) in [6.45, 7) is 3.82. The number of benzene rings is 2. The minimum absolute atomic E-state index is 0.0313. The Labute approximate surface area is 148 Å². The Morgan fingerprint density at radius 1 is 1.00 bits per heavy atom. The van der Waals surface area contributed by atoms with Gasteiger partial charge in [0.15, 0.2) is 0 Å². The zero-order chi connectivity index (χ0) is 17.4. The number of amides is 2. The van der Waals surface area contributed by atoms with Gasteiger partial charge in [-0.15, -0.1) is 0 Å². The van der Waals surface area contributed by atoms with Gasteiger partial charge in [-0.05, 0) is 54.5 Å². The summed E-state index contributed by atoms with van der Waals surface area (Å²) in [5.41, 5.74) is 1.27. The lowest BCUT2D eigenvalue weighted by Crippen LogP contribution is -2.38. The highest BCUT2D eigenvalue weighted by Gasteiger charge is 2.31. The number of nitrogens with zero attached hydrogens (tertiary/aromatic N) is 1. The van der Waals surface area contributed by atoms with Crippen molar-refractivity contribution in [2.24, 2.45) is 11.8 Å². The van der Waals surface area contributed by atoms with E-state index in [2.05, 4.69) is 12.2 Å². The molecule has 1 saturated carbocycles. The molecule has 4 nitrogen and oxygen atoms in total. The summed E-state index contributed by atoms with van der Waals surface area (Å²) in [5.74, 6) is 0.861. The van der Waals surface area contributed by atoms with E-state index in [-0.39, 0.29) is 17.7 Å². The van der Waals surface area contributed by atoms with Crippen molar-refractivity contribution in [3.8, 4) is 0 Å². The maximum Gasteiger partial charge on any atom is 0.255 e. The summed E-state index contributed by atoms with van der Waals surface area (Å²) in [5, 5.41) is 5.07. The highest BCUT2D eigenvalue weighted by Crippen LogP contribution is 2.32. The van der Waals surface area contributed by atoms with Gasteiger partial charge in [0.25, 0.3) is 5.91 Å². The van der Waals surface area contributed by atoms with Gasteiger partial charge in [0.05, 0.1) is 11.3 Å². The van der Waals surface area contributed by atoms with Crippen LogP contribution in [0.4, 0.5) is 5.69 Å². The smallest absolute Gasteiger partial charge is 0.255 e. The number of anilines is 1. The van der Waals surface area contributed by atoms with Gasteiger partial charge in [-0.1, -0.05) is 31.2 Å². The molecule has 1 saturated heterocycles. The third kappa shape index (κ3) is 3.39. The van der Waals surface area contributed by atoms with Crippen molar-refractivity contribution in [1.29, 1.82) is 0 Å². The maximum atomic E-state index is 13.1. The van der Waals surface area contributed by atoms with Crippen molar-refractivity contribution in [2.75, 3.05) is 18.4 Å². The third-order valence-electron chi connectivity index (χ3n) is 5.39. The molecule has 130 valence electrons. The number of piperidine rings is 1. The second kappa shape index (κ2) is 6.51. The van der Waals surface area contributed by atoms with Crippen molar-refractivity contribution in [2.45, 2.75) is 32.6 Å². The predicted molar refractivity (Wildman–Crippen MR) is 99.6 cm³/mol. The van der Waals surface area contributed by atoms with Crippen LogP contribution in [0, 0.1) is 11.8 Å². The molecule has 0 radical (unpaired) electrons. The molecule has 4 heteroatoms. The SMILES string of the molecule is CC1CCN(C(=O)c2cc3ccccc3cc2NC(=O)C2CC2)CC1. The summed E-state index contributed by atoms with van der Waals surface area (Å²) in [6.07, 6.45) is 3.99. The summed E-state index contributed by atoms with van der Waals surface area (Å²) >= 11 is 0. The van der Waals surface area contributed by atoms with E-state index in [9.17, 15) is 9.59 Å². The van der Waals surface area contributed by atoms with E-state index in [1.165, 1.54) is 0 Å². The predicted octanol–water partition coefficient (Wildman–Crippen LogP) is 4.06. The molecule has 1 aliphatic heterocycles. The van der Waals surface area contributed by atoms with Crippen LogP contribution in [0.25, 0.3) is 10.8 Å². The molecule has 4 rings (SSSR count). The number of nitrogens with one attached hydrogen (secondary N) is 1. The minimum atomic E-state index is 0.0313. The zero-order valence-corrected chi connectivity index (χ0v) is 14.6. The van der Waals surface area contributed by atoms with Crippen LogP contribution >= 0.6 is 0 Å². The molecule has 25 heavy (non-hydrogen) atoms. The average molecular weight is 336 g/mol. The number of carbonyl (C=O) groups excluding carboxylic acids is 2. The lowest BCUT2D eigenvalue weighted by atomic mass is 9.97. The van der Waals surface area contributed by atoms with E-state index in [1.54, 1.807) is 0 Å². The molecule has 0 spiro atoms. The normalized spacial score (nSPS) is 18.4. The van der Waals surface area contributed by atoms with Gasteiger partial charge in [-0.3, -0.25) is 9.59 Å². The van der Waals surface area contributed by atoms with Crippen molar-refractivity contribution in [1.82, 2.24) is 4.90 Å². The van der Waals surface area contributed by atoms with Crippen molar-refractivity contribution in [3.63, 3.8) is 0 Å². The molecule has 0 aromatic heterocycles. The average Bonchev–Trinajstić information content (AvgIpc) is 3.46. The van der Waals surface area contributed by atoms with E-state index in [1.807, 2.05) is 41.3 Å². The molecule has 2 aromatic rings. The van der Waals surface area contributed by atoms with E-state index in [4.69, 9.17) is 0 Å². The van der Waals surface area contributed by atoms with Crippen molar-refractivity contribution >= 4 is 28.3 Å². The molecule has 0 unspecified atom stereocenters. The summed E-state index contributed by atoms with van der Waals surface area (Å²) < 4.78 is 0. The lowest BCUT2D eigenvalue weighted by molar-refractivity contribution is -0.117. The molecule has 2 aromatic carbocycles. The van der Waals surface area contributed by atoms with Crippen molar-refractivity contribution < 1.29 is 9.59 Å². The van der Waals surface area contributed by atoms with Crippen LogP contribution < -0.4 is 5.32 Å². The minimum Gasteiger partial charge on any atom is -0.339 e. The van der Waals surface area contributed by atoms with Gasteiger partial charge in [-0.25, -0.2) is 0 Å². The number of carbonyl (C=O) groups is 2. The molecular weight excluding hydrogens is 312 g/mol. The molecule has 1 aliphatic carbocycles. The Morgan fingerprint density at radius 3 is 2.28 bits per heavy atom. The van der Waals surface area contributed by atoms with Crippen LogP contribution in [-0.4, -0.2) is 29.8 Å². The van der Waals surface area contributed by atoms with E-state index >= 15 is 0 Å². The molecule has 1 heterocycles. The number of rotatable bonds is 3. The highest BCUT2D eigenvalue weighted by atomic mass is 16.2. The molecule has 2 amide bonds. The Hall–Kier alpha value is -2.36. The van der Waals surface area contributed by atoms with Gasteiger partial charge < -0.3 is 10.2 Å². The van der Waals surface area contributed by atoms with Crippen LogP contribution in [-0.2, 0) is 4.79 Å². The Morgan fingerprint density at radius 2 is 1.64 bits per heavy atom. The number of fused-ring (bicyclic) bond motifs is 1. The van der Waals surface area contributed by atoms with Gasteiger partial charge in [0, 0.05) is 19.0 Å². The van der Waals surface area contributed by atoms with Gasteiger partial charge in [-0.2, -0.15) is 0 Å². The fourth-order valence-electron chi connectivity index (χ4n) is 3.48. The van der Waals surface area contributed by atoms with Crippen LogP contribution in [0.3, 0.4) is 0 Å². The third-order valence-corrected chi connectivity index (χ3v) is 5.39. The summed E-state index contributed by atoms with van der Waals surface area (Å²) in [4.78, 5) is 27.3. The van der Waals surface area contributed by atoms with Gasteiger partial charge in [0.1, 0.15) is 0 Å². The Balaban J connectivity index is 1.69. The molecule has 0 bridgehead atoms. The monoisotopic (exact) mass is 336 g/mol. The van der Waals surface area contributed by atoms with Crippen LogP contribution in [0.5, 0.6) is 0 Å². The number of hydrogen-bond acceptors (Lipinski definition) is 2. The summed E-state index contributed by atoms with van der Waals surface area (Å²) in [7, 11) is 0. The first-order valence-electron chi connectivity index (χ1n) is 9.25. The quantitative estimate of drug-likeness (QED) is 0.919. The summed E-state index contributed by atoms with van der Waals surface area (Å²) in [6, 6.07) is 11.8. The lowest BCUT2D eigenvalue weighted by Gasteiger charge is -2.31. The van der Waals surface area contributed by atoms with Crippen LogP contribution in [0.15, 0.2) is 36.4 Å². The molecule has 2 aliphatic rings. The fraction of sp³-hybridized carbons (Fsp3) is 0.429. The standard InChI is InChI=1S/C21H24N2O2/c1-14-8-10-23(11-9-14)21(25)18-12-16-4-2-3-5-17(16)13-19(18)22-20(24)15-6-7-15/h2-5,12-15H,6-11H2,1H3,(H,22,24). The zero-order valence-electron chi connectivity index (χ0n) is 14.6. The van der Waals surface area contributed by atoms with E-state index in [0.717, 1.165) is 49.5 Å². The van der Waals surface area contributed by atoms with E-state index < -0.39 is 0 Å². The Kier molecular flexibility index (Phi) is 4.20. The maximum absolute atomic E-state index is 13.1. The molecule has 0 atom stereocenters. The number of hydrogen-bond donors (Lipinski definition) is 1. The second-order valence-corrected chi connectivity index (χ2v) is 7.48. The highest BCUT2D eigenvalue weighted by molar-refractivity contribution is 6.08. The van der Waals surface area contributed by atoms with Gasteiger partial charge in [0.2, 0.25) is 5.91 Å². The first-order valence-corrected chi connectivity index (χ1v) is 9.25. The largest absolute Gasteiger partial charge is 0.339 e. The van der Waals surface area contributed by atoms with Crippen LogP contribution in [0.1, 0.15) is 43.0 Å². The van der Waals surface area contributed by atoms with Crippen molar-refractivity contribution in [3.05, 3.63) is 42.0 Å². The van der Waals surface area contributed by atoms with Gasteiger partial charge >= 0.3 is 0 Å². The Bertz CT molecular complexity index is 818. The first-order chi connectivity index (χ1) is 12.1. The number of likely N-dealkylation sites (tertiary alicyclic amines) is 1. The topological polar surface area (TPSA) is 49.4 Å². The fourth-order valence-corrected chi connectivity index (χ4v) is 3.48. The van der Waals surface area contributed by atoms with E-state index in [0.29, 0.717) is 17.2 Å². The first kappa shape index (κ1) is 16.1. The van der Waals surface area contributed by atoms with Crippen LogP contribution in [0.2, 0.25) is 0 Å². The molecule has 1 N–H and O–H groups in total. The second-order valence-electron chi connectivity index (χ2n) is 7.48. The molecule has 2 fully saturated rings.